The van der Waals surface area contributed by atoms with Crippen molar-refractivity contribution >= 4 is 39.0 Å². The molecule has 0 aliphatic heterocycles. The summed E-state index contributed by atoms with van der Waals surface area (Å²) >= 11 is 0. The second-order valence-corrected chi connectivity index (χ2v) is 16.6. The summed E-state index contributed by atoms with van der Waals surface area (Å²) in [6.07, 6.45) is 0. The average molecular weight is 720 g/mol. The minimum absolute atomic E-state index is 0.0475. The highest BCUT2D eigenvalue weighted by Gasteiger charge is 2.37. The molecule has 0 saturated carbocycles. The van der Waals surface area contributed by atoms with Crippen LogP contribution in [0.4, 0.5) is 17.1 Å². The standard InChI is InChI=1S/C54H41NO/c1-53(2)47-16-10-8-14-41(47)43-26-20-36(30-49(43)53)37-21-27-45-46-29-25-40(33-52(46)56-51(45)31-37)55(38-22-18-35(19-23-38)34-12-6-5-7-13-34)39-24-28-44-42-15-9-11-17-48(42)54(3,4)50(44)32-39/h5-33H,1-4H3. The van der Waals surface area contributed by atoms with Gasteiger partial charge in [0.05, 0.1) is 0 Å². The molecule has 0 spiro atoms. The van der Waals surface area contributed by atoms with E-state index in [2.05, 4.69) is 209 Å². The maximum atomic E-state index is 6.76. The lowest BCUT2D eigenvalue weighted by atomic mass is 9.81. The summed E-state index contributed by atoms with van der Waals surface area (Å²) in [5.41, 5.74) is 20.5. The van der Waals surface area contributed by atoms with E-state index in [1.165, 1.54) is 61.2 Å². The van der Waals surface area contributed by atoms with Crippen molar-refractivity contribution in [3.63, 3.8) is 0 Å². The molecule has 0 fully saturated rings. The van der Waals surface area contributed by atoms with Crippen LogP contribution in [0.5, 0.6) is 0 Å². The Morgan fingerprint density at radius 3 is 1.48 bits per heavy atom. The van der Waals surface area contributed by atoms with Gasteiger partial charge >= 0.3 is 0 Å². The number of benzene rings is 8. The summed E-state index contributed by atoms with van der Waals surface area (Å²) in [5, 5.41) is 2.24. The van der Waals surface area contributed by atoms with Gasteiger partial charge in [0.25, 0.3) is 0 Å². The van der Waals surface area contributed by atoms with Crippen LogP contribution in [-0.4, -0.2) is 0 Å². The Balaban J connectivity index is 1.01. The first-order valence-corrected chi connectivity index (χ1v) is 19.7. The predicted molar refractivity (Wildman–Crippen MR) is 234 cm³/mol. The first-order chi connectivity index (χ1) is 27.3. The number of fused-ring (bicyclic) bond motifs is 9. The Labute approximate surface area is 328 Å². The Morgan fingerprint density at radius 2 is 0.786 bits per heavy atom. The third-order valence-electron chi connectivity index (χ3n) is 12.7. The molecule has 0 saturated heterocycles. The summed E-state index contributed by atoms with van der Waals surface area (Å²) in [7, 11) is 0. The van der Waals surface area contributed by atoms with Crippen LogP contribution in [0.2, 0.25) is 0 Å². The maximum absolute atomic E-state index is 6.76. The van der Waals surface area contributed by atoms with E-state index in [9.17, 15) is 0 Å². The molecular formula is C54H41NO. The van der Waals surface area contributed by atoms with Crippen LogP contribution in [0.15, 0.2) is 180 Å². The van der Waals surface area contributed by atoms with Crippen molar-refractivity contribution in [1.29, 1.82) is 0 Å². The monoisotopic (exact) mass is 719 g/mol. The number of furan rings is 1. The number of hydrogen-bond donors (Lipinski definition) is 0. The Hall–Kier alpha value is -6.64. The van der Waals surface area contributed by atoms with Crippen molar-refractivity contribution < 1.29 is 4.42 Å². The summed E-state index contributed by atoms with van der Waals surface area (Å²) < 4.78 is 6.76. The minimum atomic E-state index is -0.107. The van der Waals surface area contributed by atoms with Crippen LogP contribution in [0, 0.1) is 0 Å². The fourth-order valence-electron chi connectivity index (χ4n) is 9.68. The number of hydrogen-bond acceptors (Lipinski definition) is 2. The first kappa shape index (κ1) is 32.8. The quantitative estimate of drug-likeness (QED) is 0.176. The Bertz CT molecular complexity index is 3020. The molecule has 56 heavy (non-hydrogen) atoms. The number of nitrogens with zero attached hydrogens (tertiary/aromatic N) is 1. The molecule has 1 aromatic heterocycles. The minimum Gasteiger partial charge on any atom is -0.456 e. The van der Waals surface area contributed by atoms with Gasteiger partial charge < -0.3 is 9.32 Å². The van der Waals surface area contributed by atoms with Crippen LogP contribution in [0.3, 0.4) is 0 Å². The van der Waals surface area contributed by atoms with Crippen LogP contribution < -0.4 is 4.90 Å². The average Bonchev–Trinajstić information content (AvgIpc) is 3.80. The molecule has 0 radical (unpaired) electrons. The SMILES string of the molecule is CC1(C)c2ccccc2-c2ccc(-c3ccc4c(c3)oc3cc(N(c5ccc(-c6ccccc6)cc5)c5ccc6c(c5)C(C)(C)c5ccccc5-6)ccc34)cc21. The molecule has 0 unspecified atom stereocenters. The molecule has 8 aromatic carbocycles. The summed E-state index contributed by atoms with van der Waals surface area (Å²) in [5.74, 6) is 0. The largest absolute Gasteiger partial charge is 0.456 e. The van der Waals surface area contributed by atoms with Crippen molar-refractivity contribution in [1.82, 2.24) is 0 Å². The van der Waals surface area contributed by atoms with Gasteiger partial charge in [0.1, 0.15) is 11.2 Å². The van der Waals surface area contributed by atoms with Crippen LogP contribution >= 0.6 is 0 Å². The van der Waals surface area contributed by atoms with Gasteiger partial charge in [0.2, 0.25) is 0 Å². The topological polar surface area (TPSA) is 16.4 Å². The Morgan fingerprint density at radius 1 is 0.339 bits per heavy atom. The molecule has 0 amide bonds. The van der Waals surface area contributed by atoms with Gasteiger partial charge in [-0.05, 0) is 121 Å². The third kappa shape index (κ3) is 4.82. The van der Waals surface area contributed by atoms with Gasteiger partial charge in [-0.3, -0.25) is 0 Å². The highest BCUT2D eigenvalue weighted by molar-refractivity contribution is 6.07. The van der Waals surface area contributed by atoms with Crippen LogP contribution in [0.1, 0.15) is 49.9 Å². The zero-order chi connectivity index (χ0) is 37.8. The van der Waals surface area contributed by atoms with Crippen LogP contribution in [0.25, 0.3) is 66.4 Å². The number of anilines is 3. The maximum Gasteiger partial charge on any atom is 0.137 e. The highest BCUT2D eigenvalue weighted by Crippen LogP contribution is 2.52. The van der Waals surface area contributed by atoms with Crippen molar-refractivity contribution in [2.24, 2.45) is 0 Å². The normalized spacial score (nSPS) is 14.4. The fourth-order valence-corrected chi connectivity index (χ4v) is 9.68. The van der Waals surface area contributed by atoms with E-state index < -0.39 is 0 Å². The predicted octanol–water partition coefficient (Wildman–Crippen LogP) is 15.0. The molecule has 1 heterocycles. The van der Waals surface area contributed by atoms with Crippen molar-refractivity contribution in [3.8, 4) is 44.5 Å². The van der Waals surface area contributed by atoms with E-state index in [0.29, 0.717) is 0 Å². The molecule has 2 aliphatic carbocycles. The molecule has 9 aromatic rings. The van der Waals surface area contributed by atoms with E-state index in [-0.39, 0.29) is 10.8 Å². The lowest BCUT2D eigenvalue weighted by molar-refractivity contribution is 0.660. The van der Waals surface area contributed by atoms with Crippen molar-refractivity contribution in [2.75, 3.05) is 4.90 Å². The molecule has 0 bridgehead atoms. The summed E-state index contributed by atoms with van der Waals surface area (Å²) in [6, 6.07) is 64.5. The molecule has 268 valence electrons. The zero-order valence-corrected chi connectivity index (χ0v) is 32.1. The van der Waals surface area contributed by atoms with Crippen LogP contribution in [-0.2, 0) is 10.8 Å². The Kier molecular flexibility index (Phi) is 6.98. The highest BCUT2D eigenvalue weighted by atomic mass is 16.3. The van der Waals surface area contributed by atoms with E-state index in [0.717, 1.165) is 44.6 Å². The second-order valence-electron chi connectivity index (χ2n) is 16.6. The molecule has 11 rings (SSSR count). The second kappa shape index (κ2) is 11.9. The molecular weight excluding hydrogens is 679 g/mol. The molecule has 2 heteroatoms. The zero-order valence-electron chi connectivity index (χ0n) is 32.1. The van der Waals surface area contributed by atoms with Gasteiger partial charge in [-0.2, -0.15) is 0 Å². The van der Waals surface area contributed by atoms with Gasteiger partial charge in [-0.25, -0.2) is 0 Å². The summed E-state index contributed by atoms with van der Waals surface area (Å²) in [4.78, 5) is 2.37. The first-order valence-electron chi connectivity index (χ1n) is 19.7. The molecule has 0 N–H and O–H groups in total. The summed E-state index contributed by atoms with van der Waals surface area (Å²) in [6.45, 7) is 9.37. The molecule has 2 nitrogen and oxygen atoms in total. The van der Waals surface area contributed by atoms with Crippen molar-refractivity contribution in [2.45, 2.75) is 38.5 Å². The number of rotatable bonds is 5. The van der Waals surface area contributed by atoms with Gasteiger partial charge in [-0.15, -0.1) is 0 Å². The van der Waals surface area contributed by atoms with E-state index in [1.54, 1.807) is 0 Å². The fraction of sp³-hybridized carbons (Fsp3) is 0.111. The molecule has 2 aliphatic rings. The van der Waals surface area contributed by atoms with Gasteiger partial charge in [0.15, 0.2) is 0 Å². The van der Waals surface area contributed by atoms with E-state index in [1.807, 2.05) is 0 Å². The molecule has 0 atom stereocenters. The lowest BCUT2D eigenvalue weighted by Crippen LogP contribution is -2.16. The van der Waals surface area contributed by atoms with E-state index >= 15 is 0 Å². The third-order valence-corrected chi connectivity index (χ3v) is 12.7. The van der Waals surface area contributed by atoms with Gasteiger partial charge in [-0.1, -0.05) is 143 Å². The van der Waals surface area contributed by atoms with Crippen molar-refractivity contribution in [3.05, 3.63) is 198 Å². The smallest absolute Gasteiger partial charge is 0.137 e. The van der Waals surface area contributed by atoms with E-state index in [4.69, 9.17) is 4.42 Å². The lowest BCUT2D eigenvalue weighted by Gasteiger charge is -2.28. The van der Waals surface area contributed by atoms with Gasteiger partial charge in [0, 0.05) is 44.7 Å².